The Labute approximate surface area is 218 Å². The van der Waals surface area contributed by atoms with Gasteiger partial charge >= 0.3 is 0 Å². The van der Waals surface area contributed by atoms with Crippen LogP contribution < -0.4 is 4.90 Å². The molecule has 0 aliphatic heterocycles. The van der Waals surface area contributed by atoms with Crippen molar-refractivity contribution in [3.8, 4) is 5.82 Å². The Morgan fingerprint density at radius 3 is 2.33 bits per heavy atom. The highest BCUT2D eigenvalue weighted by Gasteiger charge is 2.31. The van der Waals surface area contributed by atoms with Gasteiger partial charge in [0.2, 0.25) is 0 Å². The van der Waals surface area contributed by atoms with Crippen LogP contribution in [0.15, 0.2) is 45.6 Å². The van der Waals surface area contributed by atoms with Crippen LogP contribution >= 0.6 is 55.1 Å². The Balaban J connectivity index is 2.13. The summed E-state index contributed by atoms with van der Waals surface area (Å²) in [6.45, 7) is 5.77. The van der Waals surface area contributed by atoms with Gasteiger partial charge in [-0.25, -0.2) is 9.67 Å². The standard InChI is InChI=1S/C22H21Br2Cl2N5O2/c1-22(2,3)30(5)20(32)13-9-12(25)10-14(23)18(13)29(4)21(33)16-11-17(24)28-31(16)19-15(26)7-6-8-27-19/h6-11H,1-5H3. The number of hydrogen-bond acceptors (Lipinski definition) is 4. The molecule has 11 heteroatoms. The van der Waals surface area contributed by atoms with E-state index in [4.69, 9.17) is 23.2 Å². The number of anilines is 1. The molecular formula is C22H21Br2Cl2N5O2. The van der Waals surface area contributed by atoms with Crippen molar-refractivity contribution in [2.24, 2.45) is 0 Å². The maximum Gasteiger partial charge on any atom is 0.276 e. The van der Waals surface area contributed by atoms with E-state index in [1.54, 1.807) is 55.5 Å². The fourth-order valence-electron chi connectivity index (χ4n) is 3.03. The molecule has 0 aliphatic carbocycles. The maximum atomic E-state index is 13.6. The average Bonchev–Trinajstić information content (AvgIpc) is 3.12. The lowest BCUT2D eigenvalue weighted by Gasteiger charge is -2.33. The van der Waals surface area contributed by atoms with Gasteiger partial charge < -0.3 is 9.80 Å². The number of halogens is 4. The van der Waals surface area contributed by atoms with E-state index in [2.05, 4.69) is 41.9 Å². The highest BCUT2D eigenvalue weighted by Crippen LogP contribution is 2.36. The molecule has 0 atom stereocenters. The summed E-state index contributed by atoms with van der Waals surface area (Å²) in [6.07, 6.45) is 1.56. The van der Waals surface area contributed by atoms with Crippen LogP contribution in [0.2, 0.25) is 10.0 Å². The molecule has 3 rings (SSSR count). The molecule has 33 heavy (non-hydrogen) atoms. The summed E-state index contributed by atoms with van der Waals surface area (Å²) in [7, 11) is 3.29. The van der Waals surface area contributed by atoms with Gasteiger partial charge in [-0.2, -0.15) is 5.10 Å². The topological polar surface area (TPSA) is 71.3 Å². The molecule has 7 nitrogen and oxygen atoms in total. The predicted octanol–water partition coefficient (Wildman–Crippen LogP) is 6.25. The molecule has 0 bridgehead atoms. The first-order valence-electron chi connectivity index (χ1n) is 9.74. The number of benzene rings is 1. The van der Waals surface area contributed by atoms with Crippen molar-refractivity contribution in [1.82, 2.24) is 19.7 Å². The first kappa shape index (κ1) is 25.7. The van der Waals surface area contributed by atoms with Gasteiger partial charge in [-0.15, -0.1) is 0 Å². The zero-order valence-corrected chi connectivity index (χ0v) is 23.2. The normalized spacial score (nSPS) is 11.4. The molecule has 2 amide bonds. The van der Waals surface area contributed by atoms with Crippen molar-refractivity contribution in [3.63, 3.8) is 0 Å². The number of aromatic nitrogens is 3. The number of carbonyl (C=O) groups is 2. The van der Waals surface area contributed by atoms with Crippen LogP contribution in [0.4, 0.5) is 5.69 Å². The summed E-state index contributed by atoms with van der Waals surface area (Å²) in [4.78, 5) is 34.2. The Hall–Kier alpha value is -1.94. The molecule has 0 N–H and O–H groups in total. The molecular weight excluding hydrogens is 597 g/mol. The quantitative estimate of drug-likeness (QED) is 0.347. The van der Waals surface area contributed by atoms with Crippen LogP contribution in [0.1, 0.15) is 41.6 Å². The van der Waals surface area contributed by atoms with E-state index >= 15 is 0 Å². The van der Waals surface area contributed by atoms with E-state index in [1.807, 2.05) is 20.8 Å². The molecule has 3 aromatic rings. The third-order valence-corrected chi connectivity index (χ3v) is 6.55. The molecule has 0 spiro atoms. The molecule has 0 fully saturated rings. The molecule has 1 aromatic carbocycles. The largest absolute Gasteiger partial charge is 0.337 e. The Bertz CT molecular complexity index is 1240. The van der Waals surface area contributed by atoms with Crippen LogP contribution in [0, 0.1) is 0 Å². The summed E-state index contributed by atoms with van der Waals surface area (Å²) in [5, 5.41) is 5.02. The van der Waals surface area contributed by atoms with Gasteiger partial charge in [-0.05, 0) is 76.9 Å². The summed E-state index contributed by atoms with van der Waals surface area (Å²) in [5.74, 6) is -0.395. The fourth-order valence-corrected chi connectivity index (χ4v) is 4.68. The summed E-state index contributed by atoms with van der Waals surface area (Å²) >= 11 is 19.4. The fraction of sp³-hybridized carbons (Fsp3) is 0.273. The Morgan fingerprint density at radius 1 is 1.06 bits per heavy atom. The molecule has 174 valence electrons. The molecule has 0 radical (unpaired) electrons. The zero-order valence-electron chi connectivity index (χ0n) is 18.5. The number of pyridine rings is 1. The van der Waals surface area contributed by atoms with Gasteiger partial charge in [-0.3, -0.25) is 9.59 Å². The minimum Gasteiger partial charge on any atom is -0.337 e. The number of hydrogen-bond donors (Lipinski definition) is 0. The van der Waals surface area contributed by atoms with Crippen LogP contribution in [0.25, 0.3) is 5.82 Å². The van der Waals surface area contributed by atoms with Crippen molar-refractivity contribution >= 4 is 72.6 Å². The van der Waals surface area contributed by atoms with Crippen molar-refractivity contribution < 1.29 is 9.59 Å². The van der Waals surface area contributed by atoms with Gasteiger partial charge in [0.1, 0.15) is 10.3 Å². The molecule has 2 heterocycles. The van der Waals surface area contributed by atoms with Crippen LogP contribution in [0.5, 0.6) is 0 Å². The second kappa shape index (κ2) is 9.74. The van der Waals surface area contributed by atoms with Gasteiger partial charge in [0.15, 0.2) is 5.82 Å². The van der Waals surface area contributed by atoms with Crippen LogP contribution in [-0.4, -0.2) is 51.1 Å². The first-order chi connectivity index (χ1) is 15.3. The molecule has 0 aliphatic rings. The van der Waals surface area contributed by atoms with Crippen molar-refractivity contribution in [1.29, 1.82) is 0 Å². The van der Waals surface area contributed by atoms with Gasteiger partial charge in [0.05, 0.1) is 16.3 Å². The average molecular weight is 618 g/mol. The lowest BCUT2D eigenvalue weighted by atomic mass is 10.0. The number of carbonyl (C=O) groups excluding carboxylic acids is 2. The second-order valence-electron chi connectivity index (χ2n) is 8.26. The Kier molecular flexibility index (Phi) is 7.58. The molecule has 2 aromatic heterocycles. The highest BCUT2D eigenvalue weighted by atomic mass is 79.9. The van der Waals surface area contributed by atoms with E-state index in [-0.39, 0.29) is 17.2 Å². The highest BCUT2D eigenvalue weighted by molar-refractivity contribution is 9.10. The summed E-state index contributed by atoms with van der Waals surface area (Å²) in [5.41, 5.74) is 0.421. The van der Waals surface area contributed by atoms with E-state index in [9.17, 15) is 9.59 Å². The van der Waals surface area contributed by atoms with Crippen molar-refractivity contribution in [3.05, 3.63) is 66.9 Å². The number of rotatable bonds is 4. The van der Waals surface area contributed by atoms with Crippen LogP contribution in [-0.2, 0) is 0 Å². The summed E-state index contributed by atoms with van der Waals surface area (Å²) in [6, 6.07) is 8.10. The lowest BCUT2D eigenvalue weighted by molar-refractivity contribution is 0.0656. The van der Waals surface area contributed by atoms with Gasteiger partial charge in [0.25, 0.3) is 11.8 Å². The third kappa shape index (κ3) is 5.26. The smallest absolute Gasteiger partial charge is 0.276 e. The number of amides is 2. The Morgan fingerprint density at radius 2 is 1.73 bits per heavy atom. The first-order valence-corrected chi connectivity index (χ1v) is 12.1. The summed E-state index contributed by atoms with van der Waals surface area (Å²) < 4.78 is 2.29. The van der Waals surface area contributed by atoms with E-state index in [0.717, 1.165) is 0 Å². The minimum atomic E-state index is -0.440. The van der Waals surface area contributed by atoms with E-state index < -0.39 is 11.4 Å². The zero-order chi connectivity index (χ0) is 24.7. The lowest BCUT2D eigenvalue weighted by Crippen LogP contribution is -2.43. The second-order valence-corrected chi connectivity index (χ2v) is 10.8. The van der Waals surface area contributed by atoms with Crippen molar-refractivity contribution in [2.45, 2.75) is 26.3 Å². The molecule has 0 saturated carbocycles. The monoisotopic (exact) mass is 615 g/mol. The van der Waals surface area contributed by atoms with Gasteiger partial charge in [0, 0.05) is 41.4 Å². The van der Waals surface area contributed by atoms with E-state index in [1.165, 1.54) is 9.58 Å². The predicted molar refractivity (Wildman–Crippen MR) is 138 cm³/mol. The van der Waals surface area contributed by atoms with Gasteiger partial charge in [-0.1, -0.05) is 23.2 Å². The van der Waals surface area contributed by atoms with Crippen LogP contribution in [0.3, 0.4) is 0 Å². The SMILES string of the molecule is CN(C(=O)c1cc(Br)nn1-c1ncccc1Cl)c1c(Br)cc(Cl)cc1C(=O)N(C)C(C)(C)C. The third-order valence-electron chi connectivity index (χ3n) is 5.05. The molecule has 0 unspecified atom stereocenters. The maximum absolute atomic E-state index is 13.6. The number of nitrogens with zero attached hydrogens (tertiary/aromatic N) is 5. The minimum absolute atomic E-state index is 0.203. The molecule has 0 saturated heterocycles. The van der Waals surface area contributed by atoms with E-state index in [0.29, 0.717) is 30.6 Å². The van der Waals surface area contributed by atoms with Crippen molar-refractivity contribution in [2.75, 3.05) is 19.0 Å².